The first-order chi connectivity index (χ1) is 12.6. The van der Waals surface area contributed by atoms with E-state index in [1.54, 1.807) is 24.4 Å². The lowest BCUT2D eigenvalue weighted by Gasteiger charge is -2.08. The van der Waals surface area contributed by atoms with Crippen molar-refractivity contribution in [3.63, 3.8) is 0 Å². The SMILES string of the molecule is O=S(=O)(N/N=C/c1c2ccccc2cc2ccccc12)c1ccccc1. The smallest absolute Gasteiger partial charge is 0.200 e. The Bertz CT molecular complexity index is 1160. The van der Waals surface area contributed by atoms with Crippen molar-refractivity contribution >= 4 is 37.8 Å². The lowest BCUT2D eigenvalue weighted by Crippen LogP contribution is -2.18. The summed E-state index contributed by atoms with van der Waals surface area (Å²) < 4.78 is 24.6. The highest BCUT2D eigenvalue weighted by Crippen LogP contribution is 2.27. The third kappa shape index (κ3) is 3.05. The molecule has 4 aromatic carbocycles. The van der Waals surface area contributed by atoms with Crippen molar-refractivity contribution in [2.45, 2.75) is 4.90 Å². The van der Waals surface area contributed by atoms with Crippen LogP contribution in [-0.2, 0) is 10.0 Å². The molecule has 0 bridgehead atoms. The summed E-state index contributed by atoms with van der Waals surface area (Å²) in [6.45, 7) is 0. The van der Waals surface area contributed by atoms with Gasteiger partial charge < -0.3 is 0 Å². The Morgan fingerprint density at radius 3 is 1.88 bits per heavy atom. The van der Waals surface area contributed by atoms with Crippen LogP contribution >= 0.6 is 0 Å². The second kappa shape index (κ2) is 6.61. The van der Waals surface area contributed by atoms with E-state index in [-0.39, 0.29) is 4.90 Å². The van der Waals surface area contributed by atoms with Crippen LogP contribution in [0, 0.1) is 0 Å². The fourth-order valence-electron chi connectivity index (χ4n) is 3.00. The van der Waals surface area contributed by atoms with Gasteiger partial charge in [0.2, 0.25) is 0 Å². The van der Waals surface area contributed by atoms with Crippen molar-refractivity contribution in [1.29, 1.82) is 0 Å². The van der Waals surface area contributed by atoms with Crippen LogP contribution in [0.3, 0.4) is 0 Å². The largest absolute Gasteiger partial charge is 0.276 e. The van der Waals surface area contributed by atoms with E-state index in [1.807, 2.05) is 48.5 Å². The Morgan fingerprint density at radius 1 is 0.731 bits per heavy atom. The first kappa shape index (κ1) is 16.3. The van der Waals surface area contributed by atoms with Crippen LogP contribution in [0.15, 0.2) is 94.9 Å². The molecule has 0 heterocycles. The maximum Gasteiger partial charge on any atom is 0.276 e. The Balaban J connectivity index is 1.77. The highest BCUT2D eigenvalue weighted by atomic mass is 32.2. The molecular formula is C21H16N2O2S. The number of hydrogen-bond acceptors (Lipinski definition) is 3. The van der Waals surface area contributed by atoms with Gasteiger partial charge in [0.15, 0.2) is 0 Å². The van der Waals surface area contributed by atoms with Crippen molar-refractivity contribution in [3.05, 3.63) is 90.5 Å². The van der Waals surface area contributed by atoms with Crippen molar-refractivity contribution in [2.24, 2.45) is 5.10 Å². The highest BCUT2D eigenvalue weighted by Gasteiger charge is 2.11. The number of sulfonamides is 1. The Labute approximate surface area is 151 Å². The van der Waals surface area contributed by atoms with Crippen LogP contribution in [0.1, 0.15) is 5.56 Å². The van der Waals surface area contributed by atoms with E-state index in [0.29, 0.717) is 0 Å². The van der Waals surface area contributed by atoms with Crippen LogP contribution in [0.2, 0.25) is 0 Å². The fraction of sp³-hybridized carbons (Fsp3) is 0. The molecule has 5 heteroatoms. The molecule has 0 atom stereocenters. The van der Waals surface area contributed by atoms with Crippen molar-refractivity contribution in [2.75, 3.05) is 0 Å². The number of benzene rings is 4. The van der Waals surface area contributed by atoms with Gasteiger partial charge in [-0.3, -0.25) is 0 Å². The van der Waals surface area contributed by atoms with Gasteiger partial charge in [0.05, 0.1) is 11.1 Å². The van der Waals surface area contributed by atoms with Gasteiger partial charge in [-0.15, -0.1) is 0 Å². The van der Waals surface area contributed by atoms with Crippen molar-refractivity contribution in [1.82, 2.24) is 4.83 Å². The predicted molar refractivity (Wildman–Crippen MR) is 106 cm³/mol. The van der Waals surface area contributed by atoms with E-state index in [9.17, 15) is 8.42 Å². The number of hydrogen-bond donors (Lipinski definition) is 1. The molecule has 0 unspecified atom stereocenters. The highest BCUT2D eigenvalue weighted by molar-refractivity contribution is 7.89. The van der Waals surface area contributed by atoms with E-state index >= 15 is 0 Å². The third-order valence-electron chi connectivity index (χ3n) is 4.23. The number of nitrogens with zero attached hydrogens (tertiary/aromatic N) is 1. The predicted octanol–water partition coefficient (Wildman–Crippen LogP) is 4.31. The summed E-state index contributed by atoms with van der Waals surface area (Å²) in [5, 5.41) is 8.24. The number of rotatable bonds is 4. The normalized spacial score (nSPS) is 12.0. The lowest BCUT2D eigenvalue weighted by molar-refractivity contribution is 0.584. The molecule has 0 aliphatic carbocycles. The number of fused-ring (bicyclic) bond motifs is 2. The molecule has 0 amide bonds. The molecule has 0 aliphatic rings. The maximum absolute atomic E-state index is 12.3. The van der Waals surface area contributed by atoms with Crippen LogP contribution in [-0.4, -0.2) is 14.6 Å². The Morgan fingerprint density at radius 2 is 1.27 bits per heavy atom. The van der Waals surface area contributed by atoms with E-state index in [1.165, 1.54) is 12.1 Å². The molecule has 0 aliphatic heterocycles. The Kier molecular flexibility index (Phi) is 4.14. The van der Waals surface area contributed by atoms with Crippen molar-refractivity contribution < 1.29 is 8.42 Å². The first-order valence-corrected chi connectivity index (χ1v) is 9.64. The Hall–Kier alpha value is -3.18. The van der Waals surface area contributed by atoms with Crippen LogP contribution in [0.25, 0.3) is 21.5 Å². The van der Waals surface area contributed by atoms with E-state index in [0.717, 1.165) is 27.1 Å². The van der Waals surface area contributed by atoms with Gasteiger partial charge in [-0.1, -0.05) is 66.7 Å². The van der Waals surface area contributed by atoms with Gasteiger partial charge in [-0.2, -0.15) is 13.5 Å². The number of hydrazone groups is 1. The van der Waals surface area contributed by atoms with Gasteiger partial charge >= 0.3 is 0 Å². The van der Waals surface area contributed by atoms with E-state index in [4.69, 9.17) is 0 Å². The summed E-state index contributed by atoms with van der Waals surface area (Å²) in [6, 6.07) is 26.3. The summed E-state index contributed by atoms with van der Waals surface area (Å²) in [7, 11) is -3.68. The molecule has 0 saturated heterocycles. The second-order valence-electron chi connectivity index (χ2n) is 5.90. The van der Waals surface area contributed by atoms with Crippen LogP contribution in [0.5, 0.6) is 0 Å². The number of nitrogens with one attached hydrogen (secondary N) is 1. The van der Waals surface area contributed by atoms with Gasteiger partial charge in [0.1, 0.15) is 0 Å². The molecule has 4 nitrogen and oxygen atoms in total. The zero-order valence-electron chi connectivity index (χ0n) is 13.8. The van der Waals surface area contributed by atoms with Crippen molar-refractivity contribution in [3.8, 4) is 0 Å². The minimum Gasteiger partial charge on any atom is -0.200 e. The third-order valence-corrected chi connectivity index (χ3v) is 5.47. The molecule has 0 aromatic heterocycles. The molecule has 0 fully saturated rings. The van der Waals surface area contributed by atoms with Crippen LogP contribution in [0.4, 0.5) is 0 Å². The minimum atomic E-state index is -3.68. The molecule has 4 aromatic rings. The van der Waals surface area contributed by atoms with Gasteiger partial charge in [-0.05, 0) is 39.7 Å². The minimum absolute atomic E-state index is 0.180. The molecule has 4 rings (SSSR count). The van der Waals surface area contributed by atoms with Gasteiger partial charge in [0, 0.05) is 5.56 Å². The summed E-state index contributed by atoms with van der Waals surface area (Å²) >= 11 is 0. The second-order valence-corrected chi connectivity index (χ2v) is 7.56. The topological polar surface area (TPSA) is 58.5 Å². The van der Waals surface area contributed by atoms with E-state index < -0.39 is 10.0 Å². The molecule has 128 valence electrons. The summed E-state index contributed by atoms with van der Waals surface area (Å²) in [5.74, 6) is 0. The average Bonchev–Trinajstić information content (AvgIpc) is 2.68. The summed E-state index contributed by atoms with van der Waals surface area (Å²) in [4.78, 5) is 2.48. The summed E-state index contributed by atoms with van der Waals surface area (Å²) in [5.41, 5.74) is 0.884. The molecule has 0 spiro atoms. The average molecular weight is 360 g/mol. The molecule has 1 N–H and O–H groups in total. The molecule has 0 radical (unpaired) electrons. The molecular weight excluding hydrogens is 344 g/mol. The first-order valence-electron chi connectivity index (χ1n) is 8.15. The quantitative estimate of drug-likeness (QED) is 0.335. The zero-order chi connectivity index (χ0) is 18.0. The lowest BCUT2D eigenvalue weighted by atomic mass is 9.97. The van der Waals surface area contributed by atoms with E-state index in [2.05, 4.69) is 16.0 Å². The summed E-state index contributed by atoms with van der Waals surface area (Å²) in [6.07, 6.45) is 1.57. The van der Waals surface area contributed by atoms with Crippen LogP contribution < -0.4 is 4.83 Å². The van der Waals surface area contributed by atoms with Gasteiger partial charge in [0.25, 0.3) is 10.0 Å². The zero-order valence-corrected chi connectivity index (χ0v) is 14.6. The van der Waals surface area contributed by atoms with Gasteiger partial charge in [-0.25, -0.2) is 4.83 Å². The fourth-order valence-corrected chi connectivity index (χ4v) is 3.81. The molecule has 26 heavy (non-hydrogen) atoms. The standard InChI is InChI=1S/C21H16N2O2S/c24-26(25,18-10-2-1-3-11-18)23-22-15-21-19-12-6-4-8-16(19)14-17-9-5-7-13-20(17)21/h1-15,23H/b22-15+. The monoisotopic (exact) mass is 360 g/mol. The maximum atomic E-state index is 12.3. The molecule has 0 saturated carbocycles.